The second-order valence-electron chi connectivity index (χ2n) is 13.2. The fourth-order valence-electron chi connectivity index (χ4n) is 9.02. The van der Waals surface area contributed by atoms with Gasteiger partial charge < -0.3 is 16.0 Å². The lowest BCUT2D eigenvalue weighted by molar-refractivity contribution is -0.126. The third kappa shape index (κ3) is 5.95. The van der Waals surface area contributed by atoms with Gasteiger partial charge in [-0.1, -0.05) is 38.5 Å². The summed E-state index contributed by atoms with van der Waals surface area (Å²) in [5.41, 5.74) is 6.00. The summed E-state index contributed by atoms with van der Waals surface area (Å²) >= 11 is 0. The molecule has 6 heteroatoms. The molecule has 0 spiro atoms. The summed E-state index contributed by atoms with van der Waals surface area (Å²) in [6.45, 7) is 6.57. The Morgan fingerprint density at radius 2 is 1.75 bits per heavy atom. The maximum Gasteiger partial charge on any atom is 0.237 e. The van der Waals surface area contributed by atoms with Gasteiger partial charge >= 0.3 is 0 Å². The van der Waals surface area contributed by atoms with Gasteiger partial charge in [-0.3, -0.25) is 15.1 Å². The summed E-state index contributed by atoms with van der Waals surface area (Å²) < 4.78 is 0. The lowest BCUT2D eigenvalue weighted by Crippen LogP contribution is -2.51. The van der Waals surface area contributed by atoms with Crippen molar-refractivity contribution in [3.8, 4) is 0 Å². The van der Waals surface area contributed by atoms with Crippen molar-refractivity contribution >= 4 is 11.7 Å². The number of nitrogens with zero attached hydrogens (tertiary/aromatic N) is 2. The highest BCUT2D eigenvalue weighted by Gasteiger charge is 2.49. The Hall–Kier alpha value is -1.14. The maximum atomic E-state index is 13.6. The van der Waals surface area contributed by atoms with Gasteiger partial charge in [-0.2, -0.15) is 0 Å². The fraction of sp³-hybridized carbons (Fsp3) is 0.933. The molecule has 2 heterocycles. The van der Waals surface area contributed by atoms with Crippen LogP contribution >= 0.6 is 0 Å². The van der Waals surface area contributed by atoms with Gasteiger partial charge in [-0.05, 0) is 94.9 Å². The standard InChI is InChI=1S/C30H53N5O/c1-21-8-4-5-16-34(21)17-7-15-33-30(36)28-18-23-13-14-24(29(31)32)19-27(23)35(28)20-25-11-6-10-22-9-2-3-12-26(22)25/h21-28H,2-20H2,1H3,(H3,31,32)(H,33,36)/t21-,22?,23?,24?,25?,26?,27?,28?/m0/s1. The number of nitrogens with one attached hydrogen (secondary N) is 2. The van der Waals surface area contributed by atoms with Crippen LogP contribution in [0.5, 0.6) is 0 Å². The number of amides is 1. The predicted molar refractivity (Wildman–Crippen MR) is 147 cm³/mol. The average molecular weight is 500 g/mol. The van der Waals surface area contributed by atoms with Gasteiger partial charge in [-0.25, -0.2) is 0 Å². The molecule has 5 fully saturated rings. The Morgan fingerprint density at radius 1 is 0.944 bits per heavy atom. The van der Waals surface area contributed by atoms with Crippen molar-refractivity contribution in [1.82, 2.24) is 15.1 Å². The average Bonchev–Trinajstić information content (AvgIpc) is 3.25. The SMILES string of the molecule is C[C@H]1CCCCN1CCCNC(=O)C1CC2CCC(C(=N)N)CC2N1CC1CCCC2CCCCC21. The minimum absolute atomic E-state index is 0.0172. The van der Waals surface area contributed by atoms with Crippen LogP contribution < -0.4 is 11.1 Å². The lowest BCUT2D eigenvalue weighted by Gasteiger charge is -2.45. The number of carbonyl (C=O) groups excluding carboxylic acids is 1. The van der Waals surface area contributed by atoms with Crippen LogP contribution in [0, 0.1) is 35.0 Å². The highest BCUT2D eigenvalue weighted by atomic mass is 16.2. The zero-order valence-corrected chi connectivity index (χ0v) is 22.9. The van der Waals surface area contributed by atoms with E-state index in [1.54, 1.807) is 0 Å². The van der Waals surface area contributed by atoms with Crippen molar-refractivity contribution < 1.29 is 4.79 Å². The first-order valence-electron chi connectivity index (χ1n) is 15.6. The topological polar surface area (TPSA) is 85.5 Å². The van der Waals surface area contributed by atoms with Crippen molar-refractivity contribution in [2.75, 3.05) is 26.2 Å². The molecule has 2 saturated heterocycles. The number of hydrogen-bond acceptors (Lipinski definition) is 4. The number of piperidine rings is 1. The molecule has 3 saturated carbocycles. The summed E-state index contributed by atoms with van der Waals surface area (Å²) in [6.07, 6.45) is 19.0. The van der Waals surface area contributed by atoms with E-state index in [0.29, 0.717) is 23.8 Å². The third-order valence-electron chi connectivity index (χ3n) is 11.1. The minimum atomic E-state index is 0.0172. The van der Waals surface area contributed by atoms with E-state index >= 15 is 0 Å². The minimum Gasteiger partial charge on any atom is -0.387 e. The molecule has 3 aliphatic carbocycles. The Labute approximate surface area is 220 Å². The first-order valence-corrected chi connectivity index (χ1v) is 15.6. The second-order valence-corrected chi connectivity index (χ2v) is 13.2. The first-order chi connectivity index (χ1) is 17.5. The molecule has 2 aliphatic heterocycles. The van der Waals surface area contributed by atoms with E-state index in [9.17, 15) is 4.79 Å². The molecule has 0 bridgehead atoms. The predicted octanol–water partition coefficient (Wildman–Crippen LogP) is 4.77. The molecule has 7 unspecified atom stereocenters. The van der Waals surface area contributed by atoms with Crippen molar-refractivity contribution in [3.63, 3.8) is 0 Å². The van der Waals surface area contributed by atoms with Gasteiger partial charge in [0.25, 0.3) is 0 Å². The normalized spacial score (nSPS) is 39.8. The Bertz CT molecular complexity index is 756. The number of likely N-dealkylation sites (tertiary alicyclic amines) is 2. The zero-order chi connectivity index (χ0) is 25.1. The molecule has 5 rings (SSSR count). The van der Waals surface area contributed by atoms with Gasteiger partial charge in [-0.15, -0.1) is 0 Å². The van der Waals surface area contributed by atoms with Crippen LogP contribution in [-0.2, 0) is 4.79 Å². The summed E-state index contributed by atoms with van der Waals surface area (Å²) in [7, 11) is 0. The molecule has 6 nitrogen and oxygen atoms in total. The van der Waals surface area contributed by atoms with Gasteiger partial charge in [0.15, 0.2) is 0 Å². The highest BCUT2D eigenvalue weighted by Crippen LogP contribution is 2.47. The van der Waals surface area contributed by atoms with Crippen molar-refractivity contribution in [2.45, 2.75) is 121 Å². The molecule has 0 aromatic rings. The van der Waals surface area contributed by atoms with Crippen LogP contribution in [0.4, 0.5) is 0 Å². The largest absolute Gasteiger partial charge is 0.387 e. The van der Waals surface area contributed by atoms with Crippen LogP contribution in [0.1, 0.15) is 103 Å². The van der Waals surface area contributed by atoms with Crippen molar-refractivity contribution in [2.24, 2.45) is 35.3 Å². The molecular formula is C30H53N5O. The molecular weight excluding hydrogens is 446 g/mol. The zero-order valence-electron chi connectivity index (χ0n) is 22.9. The van der Waals surface area contributed by atoms with Crippen LogP contribution in [0.3, 0.4) is 0 Å². The van der Waals surface area contributed by atoms with Crippen molar-refractivity contribution in [3.05, 3.63) is 0 Å². The van der Waals surface area contributed by atoms with Gasteiger partial charge in [0.05, 0.1) is 11.9 Å². The maximum absolute atomic E-state index is 13.6. The van der Waals surface area contributed by atoms with E-state index in [2.05, 4.69) is 22.0 Å². The van der Waals surface area contributed by atoms with Crippen molar-refractivity contribution in [1.29, 1.82) is 5.41 Å². The van der Waals surface area contributed by atoms with Crippen LogP contribution in [0.2, 0.25) is 0 Å². The highest BCUT2D eigenvalue weighted by molar-refractivity contribution is 5.82. The molecule has 204 valence electrons. The number of rotatable bonds is 8. The number of fused-ring (bicyclic) bond motifs is 2. The fourth-order valence-corrected chi connectivity index (χ4v) is 9.02. The van der Waals surface area contributed by atoms with E-state index in [-0.39, 0.29) is 17.9 Å². The molecule has 8 atom stereocenters. The van der Waals surface area contributed by atoms with Gasteiger partial charge in [0.2, 0.25) is 5.91 Å². The second kappa shape index (κ2) is 12.1. The summed E-state index contributed by atoms with van der Waals surface area (Å²) in [5, 5.41) is 11.5. The first kappa shape index (κ1) is 26.5. The third-order valence-corrected chi connectivity index (χ3v) is 11.1. The number of carbonyl (C=O) groups is 1. The molecule has 0 aromatic heterocycles. The summed E-state index contributed by atoms with van der Waals surface area (Å²) in [5.74, 6) is 3.97. The molecule has 0 aromatic carbocycles. The Balaban J connectivity index is 1.22. The molecule has 0 radical (unpaired) electrons. The van der Waals surface area contributed by atoms with Crippen LogP contribution in [0.15, 0.2) is 0 Å². The smallest absolute Gasteiger partial charge is 0.237 e. The van der Waals surface area contributed by atoms with Gasteiger partial charge in [0.1, 0.15) is 0 Å². The molecule has 1 amide bonds. The van der Waals surface area contributed by atoms with Gasteiger partial charge in [0, 0.05) is 37.6 Å². The van der Waals surface area contributed by atoms with E-state index in [1.165, 1.54) is 70.8 Å². The number of nitrogens with two attached hydrogens (primary N) is 1. The number of hydrogen-bond donors (Lipinski definition) is 3. The monoisotopic (exact) mass is 499 g/mol. The van der Waals surface area contributed by atoms with E-state index in [0.717, 1.165) is 69.5 Å². The summed E-state index contributed by atoms with van der Waals surface area (Å²) in [6, 6.07) is 1.14. The lowest BCUT2D eigenvalue weighted by atomic mass is 9.65. The van der Waals surface area contributed by atoms with Crippen LogP contribution in [0.25, 0.3) is 0 Å². The Kier molecular flexibility index (Phi) is 8.93. The number of amidine groups is 1. The van der Waals surface area contributed by atoms with E-state index < -0.39 is 0 Å². The Morgan fingerprint density at radius 3 is 2.58 bits per heavy atom. The molecule has 5 aliphatic rings. The van der Waals surface area contributed by atoms with Crippen LogP contribution in [-0.4, -0.2) is 65.8 Å². The summed E-state index contributed by atoms with van der Waals surface area (Å²) in [4.78, 5) is 18.9. The van der Waals surface area contributed by atoms with E-state index in [4.69, 9.17) is 11.1 Å². The molecule has 4 N–H and O–H groups in total. The quantitative estimate of drug-likeness (QED) is 0.255. The van der Waals surface area contributed by atoms with E-state index in [1.807, 2.05) is 0 Å². The molecule has 36 heavy (non-hydrogen) atoms.